The topological polar surface area (TPSA) is 84.7 Å². The molecule has 24 heavy (non-hydrogen) atoms. The van der Waals surface area contributed by atoms with Crippen LogP contribution in [0.4, 0.5) is 18.9 Å². The summed E-state index contributed by atoms with van der Waals surface area (Å²) in [5.41, 5.74) is -2.69. The smallest absolute Gasteiger partial charge is 0.423 e. The number of aliphatic carboxylic acids is 1. The Hall–Kier alpha value is -2.10. The molecular formula is C14H18F3N3O4. The Balaban J connectivity index is 2.22. The molecule has 1 N–H and O–H groups in total. The van der Waals surface area contributed by atoms with Crippen molar-refractivity contribution in [2.24, 2.45) is 7.05 Å². The second-order valence-electron chi connectivity index (χ2n) is 5.54. The summed E-state index contributed by atoms with van der Waals surface area (Å²) in [7, 11) is 1.16. The van der Waals surface area contributed by atoms with Crippen LogP contribution < -0.4 is 10.5 Å². The van der Waals surface area contributed by atoms with Crippen LogP contribution in [0, 0.1) is 0 Å². The summed E-state index contributed by atoms with van der Waals surface area (Å²) in [6, 6.07) is -0.353. The van der Waals surface area contributed by atoms with Crippen molar-refractivity contribution in [2.45, 2.75) is 31.5 Å². The first-order valence-electron chi connectivity index (χ1n) is 7.41. The lowest BCUT2D eigenvalue weighted by atomic mass is 10.2. The molecule has 1 aromatic rings. The van der Waals surface area contributed by atoms with E-state index in [9.17, 15) is 22.8 Å². The average Bonchev–Trinajstić information content (AvgIpc) is 2.93. The number of nitrogens with zero attached hydrogens (tertiary/aromatic N) is 3. The zero-order chi connectivity index (χ0) is 17.9. The number of ether oxygens (including phenoxy) is 1. The SMILES string of the molecule is Cn1ncc(N2CCC[C@H]2COCCC(=O)O)c(C(F)(F)F)c1=O. The maximum absolute atomic E-state index is 13.3. The number of hydrogen-bond donors (Lipinski definition) is 1. The molecule has 0 unspecified atom stereocenters. The van der Waals surface area contributed by atoms with Gasteiger partial charge in [-0.3, -0.25) is 9.59 Å². The lowest BCUT2D eigenvalue weighted by molar-refractivity contribution is -0.139. The lowest BCUT2D eigenvalue weighted by Crippen LogP contribution is -2.38. The largest absolute Gasteiger partial charge is 0.481 e. The third-order valence-corrected chi connectivity index (χ3v) is 3.86. The summed E-state index contributed by atoms with van der Waals surface area (Å²) in [4.78, 5) is 23.8. The van der Waals surface area contributed by atoms with Crippen molar-refractivity contribution in [1.82, 2.24) is 9.78 Å². The molecule has 10 heteroatoms. The Bertz CT molecular complexity index is 660. The normalized spacial score (nSPS) is 18.2. The van der Waals surface area contributed by atoms with Crippen LogP contribution in [0.25, 0.3) is 0 Å². The Morgan fingerprint density at radius 2 is 2.21 bits per heavy atom. The van der Waals surface area contributed by atoms with E-state index in [4.69, 9.17) is 9.84 Å². The number of aryl methyl sites for hydroxylation is 1. The number of carboxylic acid groups (broad SMARTS) is 1. The van der Waals surface area contributed by atoms with E-state index >= 15 is 0 Å². The minimum atomic E-state index is -4.79. The van der Waals surface area contributed by atoms with Crippen LogP contribution in [-0.2, 0) is 22.8 Å². The summed E-state index contributed by atoms with van der Waals surface area (Å²) >= 11 is 0. The number of carboxylic acids is 1. The van der Waals surface area contributed by atoms with E-state index in [1.807, 2.05) is 0 Å². The van der Waals surface area contributed by atoms with Gasteiger partial charge in [0.15, 0.2) is 0 Å². The van der Waals surface area contributed by atoms with Gasteiger partial charge in [-0.05, 0) is 12.8 Å². The van der Waals surface area contributed by atoms with Crippen LogP contribution in [0.15, 0.2) is 11.0 Å². The number of alkyl halides is 3. The van der Waals surface area contributed by atoms with Crippen LogP contribution in [0.5, 0.6) is 0 Å². The number of hydrogen-bond acceptors (Lipinski definition) is 5. The van der Waals surface area contributed by atoms with Gasteiger partial charge in [0.25, 0.3) is 5.56 Å². The summed E-state index contributed by atoms with van der Waals surface area (Å²) in [6.45, 7) is 0.436. The van der Waals surface area contributed by atoms with Crippen LogP contribution in [0.2, 0.25) is 0 Å². The second kappa shape index (κ2) is 7.20. The van der Waals surface area contributed by atoms with Crippen molar-refractivity contribution in [3.8, 4) is 0 Å². The number of rotatable bonds is 6. The standard InChI is InChI=1S/C14H18F3N3O4/c1-19-13(23)12(14(15,16)17)10(7-18-19)20-5-2-3-9(20)8-24-6-4-11(21)22/h7,9H,2-6,8H2,1H3,(H,21,22)/t9-/m0/s1. The van der Waals surface area contributed by atoms with E-state index in [2.05, 4.69) is 5.10 Å². The van der Waals surface area contributed by atoms with Crippen LogP contribution in [0.1, 0.15) is 24.8 Å². The van der Waals surface area contributed by atoms with Gasteiger partial charge in [-0.15, -0.1) is 0 Å². The summed E-state index contributed by atoms with van der Waals surface area (Å²) < 4.78 is 45.8. The van der Waals surface area contributed by atoms with E-state index in [1.54, 1.807) is 0 Å². The fourth-order valence-electron chi connectivity index (χ4n) is 2.72. The molecule has 0 aromatic carbocycles. The van der Waals surface area contributed by atoms with Crippen molar-refractivity contribution in [2.75, 3.05) is 24.7 Å². The average molecular weight is 349 g/mol. The molecule has 1 fully saturated rings. The molecule has 1 saturated heterocycles. The third kappa shape index (κ3) is 4.05. The van der Waals surface area contributed by atoms with Crippen LogP contribution in [0.3, 0.4) is 0 Å². The van der Waals surface area contributed by atoms with Crippen LogP contribution >= 0.6 is 0 Å². The van der Waals surface area contributed by atoms with E-state index in [1.165, 1.54) is 4.90 Å². The van der Waals surface area contributed by atoms with Crippen LogP contribution in [-0.4, -0.2) is 46.7 Å². The monoisotopic (exact) mass is 349 g/mol. The summed E-state index contributed by atoms with van der Waals surface area (Å²) in [6.07, 6.45) is -2.67. The molecule has 0 spiro atoms. The Labute approximate surface area is 135 Å². The first-order valence-corrected chi connectivity index (χ1v) is 7.41. The quantitative estimate of drug-likeness (QED) is 0.779. The van der Waals surface area contributed by atoms with Gasteiger partial charge in [0.1, 0.15) is 5.56 Å². The van der Waals surface area contributed by atoms with Crippen molar-refractivity contribution in [1.29, 1.82) is 0 Å². The number of anilines is 1. The zero-order valence-electron chi connectivity index (χ0n) is 13.0. The fraction of sp³-hybridized carbons (Fsp3) is 0.643. The van der Waals surface area contributed by atoms with Crippen molar-refractivity contribution in [3.63, 3.8) is 0 Å². The first-order chi connectivity index (χ1) is 11.2. The van der Waals surface area contributed by atoms with Gasteiger partial charge < -0.3 is 14.7 Å². The molecule has 0 saturated carbocycles. The summed E-state index contributed by atoms with van der Waals surface area (Å²) in [5.74, 6) is -1.01. The lowest BCUT2D eigenvalue weighted by Gasteiger charge is -2.28. The number of aromatic nitrogens is 2. The molecule has 134 valence electrons. The second-order valence-corrected chi connectivity index (χ2v) is 5.54. The van der Waals surface area contributed by atoms with E-state index in [-0.39, 0.29) is 31.4 Å². The van der Waals surface area contributed by atoms with Crippen molar-refractivity contribution < 1.29 is 27.8 Å². The number of halogens is 3. The van der Waals surface area contributed by atoms with Crippen molar-refractivity contribution >= 4 is 11.7 Å². The predicted octanol–water partition coefficient (Wildman–Crippen LogP) is 1.26. The first kappa shape index (κ1) is 18.2. The van der Waals surface area contributed by atoms with Gasteiger partial charge in [0.2, 0.25) is 0 Å². The Kier molecular flexibility index (Phi) is 5.47. The molecule has 7 nitrogen and oxygen atoms in total. The predicted molar refractivity (Wildman–Crippen MR) is 77.9 cm³/mol. The van der Waals surface area contributed by atoms with Gasteiger partial charge >= 0.3 is 12.1 Å². The molecule has 2 rings (SSSR count). The molecule has 0 bridgehead atoms. The van der Waals surface area contributed by atoms with Gasteiger partial charge in [-0.1, -0.05) is 0 Å². The van der Waals surface area contributed by atoms with E-state index in [0.29, 0.717) is 24.1 Å². The maximum atomic E-state index is 13.3. The van der Waals surface area contributed by atoms with Gasteiger partial charge in [0, 0.05) is 13.6 Å². The highest BCUT2D eigenvalue weighted by Crippen LogP contribution is 2.36. The fourth-order valence-corrected chi connectivity index (χ4v) is 2.72. The molecule has 1 aliphatic heterocycles. The highest BCUT2D eigenvalue weighted by Gasteiger charge is 2.41. The van der Waals surface area contributed by atoms with Gasteiger partial charge in [-0.2, -0.15) is 18.3 Å². The van der Waals surface area contributed by atoms with Gasteiger partial charge in [-0.25, -0.2) is 4.68 Å². The maximum Gasteiger partial charge on any atom is 0.423 e. The molecule has 1 atom stereocenters. The molecular weight excluding hydrogens is 331 g/mol. The Morgan fingerprint density at radius 3 is 2.83 bits per heavy atom. The molecule has 0 radical (unpaired) electrons. The highest BCUT2D eigenvalue weighted by molar-refractivity contribution is 5.66. The Morgan fingerprint density at radius 1 is 1.50 bits per heavy atom. The number of carbonyl (C=O) groups is 1. The zero-order valence-corrected chi connectivity index (χ0v) is 13.0. The van der Waals surface area contributed by atoms with E-state index < -0.39 is 23.3 Å². The van der Waals surface area contributed by atoms with Crippen molar-refractivity contribution in [3.05, 3.63) is 22.1 Å². The molecule has 1 aliphatic rings. The molecule has 0 aliphatic carbocycles. The highest BCUT2D eigenvalue weighted by atomic mass is 19.4. The van der Waals surface area contributed by atoms with E-state index in [0.717, 1.165) is 13.2 Å². The minimum absolute atomic E-state index is 0.0133. The minimum Gasteiger partial charge on any atom is -0.481 e. The summed E-state index contributed by atoms with van der Waals surface area (Å²) in [5, 5.41) is 12.3. The molecule has 2 heterocycles. The molecule has 1 aromatic heterocycles. The third-order valence-electron chi connectivity index (χ3n) is 3.86. The molecule has 0 amide bonds. The van der Waals surface area contributed by atoms with Gasteiger partial charge in [0.05, 0.1) is 37.6 Å².